The second-order valence-electron chi connectivity index (χ2n) is 7.52. The molecule has 6 N–H and O–H groups in total. The molecule has 0 amide bonds. The molecule has 1 aromatic rings. The minimum atomic E-state index is -1.26. The number of aromatic hydroxyl groups is 1. The number of methoxy groups -OCH3 is 1. The molecular formula is C19H25N5O6. The van der Waals surface area contributed by atoms with Gasteiger partial charge in [0.15, 0.2) is 29.2 Å². The van der Waals surface area contributed by atoms with Crippen LogP contribution in [-0.2, 0) is 4.74 Å². The Morgan fingerprint density at radius 3 is 2.80 bits per heavy atom. The molecule has 3 heterocycles. The molecule has 2 unspecified atom stereocenters. The van der Waals surface area contributed by atoms with Crippen molar-refractivity contribution in [2.75, 3.05) is 20.4 Å². The number of fused-ring (bicyclic) bond motifs is 1. The van der Waals surface area contributed by atoms with E-state index in [-0.39, 0.29) is 18.3 Å². The molecule has 0 bridgehead atoms. The Bertz CT molecular complexity index is 921. The van der Waals surface area contributed by atoms with E-state index in [9.17, 15) is 20.4 Å². The van der Waals surface area contributed by atoms with Crippen molar-refractivity contribution < 1.29 is 29.9 Å². The van der Waals surface area contributed by atoms with E-state index >= 15 is 0 Å². The number of ether oxygens (including phenoxy) is 2. The smallest absolute Gasteiger partial charge is 0.162 e. The van der Waals surface area contributed by atoms with Crippen molar-refractivity contribution >= 4 is 17.9 Å². The Hall–Kier alpha value is -2.57. The van der Waals surface area contributed by atoms with Crippen LogP contribution in [0.4, 0.5) is 0 Å². The highest BCUT2D eigenvalue weighted by molar-refractivity contribution is 6.47. The van der Waals surface area contributed by atoms with Crippen LogP contribution in [0.15, 0.2) is 33.2 Å². The quantitative estimate of drug-likeness (QED) is 0.395. The number of rotatable bonds is 5. The number of hydrogen-bond donors (Lipinski definition) is 5. The van der Waals surface area contributed by atoms with Gasteiger partial charge in [0.05, 0.1) is 13.7 Å². The summed E-state index contributed by atoms with van der Waals surface area (Å²) in [6, 6.07) is 4.95. The maximum atomic E-state index is 10.4. The first-order chi connectivity index (χ1) is 14.3. The van der Waals surface area contributed by atoms with Gasteiger partial charge in [0.25, 0.3) is 0 Å². The maximum Gasteiger partial charge on any atom is 0.162 e. The van der Waals surface area contributed by atoms with Crippen LogP contribution < -0.4 is 10.5 Å². The Morgan fingerprint density at radius 2 is 2.13 bits per heavy atom. The lowest BCUT2D eigenvalue weighted by atomic mass is 9.83. The summed E-state index contributed by atoms with van der Waals surface area (Å²) >= 11 is 0. The fourth-order valence-corrected chi connectivity index (χ4v) is 3.97. The van der Waals surface area contributed by atoms with E-state index in [2.05, 4.69) is 15.0 Å². The van der Waals surface area contributed by atoms with Crippen molar-refractivity contribution in [3.05, 3.63) is 23.8 Å². The monoisotopic (exact) mass is 419 g/mol. The predicted molar refractivity (Wildman–Crippen MR) is 108 cm³/mol. The number of aliphatic hydroxyl groups excluding tert-OH is 3. The molecule has 11 heteroatoms. The molecule has 162 valence electrons. The predicted octanol–water partition coefficient (Wildman–Crippen LogP) is -1.25. The number of amidine groups is 1. The molecule has 0 aliphatic carbocycles. The molecule has 3 aliphatic rings. The van der Waals surface area contributed by atoms with Gasteiger partial charge in [-0.05, 0) is 17.7 Å². The summed E-state index contributed by atoms with van der Waals surface area (Å²) in [6.45, 7) is 1.56. The zero-order valence-corrected chi connectivity index (χ0v) is 16.6. The molecule has 6 atom stereocenters. The fourth-order valence-electron chi connectivity index (χ4n) is 3.97. The van der Waals surface area contributed by atoms with Crippen molar-refractivity contribution in [3.8, 4) is 11.5 Å². The van der Waals surface area contributed by atoms with E-state index in [4.69, 9.17) is 15.2 Å². The van der Waals surface area contributed by atoms with Gasteiger partial charge in [-0.15, -0.1) is 0 Å². The van der Waals surface area contributed by atoms with Crippen molar-refractivity contribution in [1.82, 2.24) is 4.90 Å². The van der Waals surface area contributed by atoms with E-state index < -0.39 is 36.8 Å². The minimum absolute atomic E-state index is 0.0164. The third kappa shape index (κ3) is 3.06. The molecule has 30 heavy (non-hydrogen) atoms. The molecule has 0 aromatic heterocycles. The van der Waals surface area contributed by atoms with E-state index in [0.29, 0.717) is 17.3 Å². The third-order valence-electron chi connectivity index (χ3n) is 5.88. The van der Waals surface area contributed by atoms with Crippen LogP contribution in [0.5, 0.6) is 11.5 Å². The lowest BCUT2D eigenvalue weighted by molar-refractivity contribution is -0.0688. The Balaban J connectivity index is 1.62. The summed E-state index contributed by atoms with van der Waals surface area (Å²) in [7, 11) is 1.46. The number of nitrogens with two attached hydrogens (primary N) is 1. The molecule has 1 fully saturated rings. The van der Waals surface area contributed by atoms with Gasteiger partial charge >= 0.3 is 0 Å². The number of aliphatic hydroxyl groups is 3. The van der Waals surface area contributed by atoms with Gasteiger partial charge in [-0.3, -0.25) is 4.99 Å². The number of hydrogen-bond acceptors (Lipinski definition) is 11. The molecule has 1 saturated heterocycles. The van der Waals surface area contributed by atoms with Gasteiger partial charge in [-0.2, -0.15) is 0 Å². The highest BCUT2D eigenvalue weighted by Crippen LogP contribution is 2.37. The van der Waals surface area contributed by atoms with Crippen molar-refractivity contribution in [1.29, 1.82) is 0 Å². The normalized spacial score (nSPS) is 33.9. The molecule has 4 rings (SSSR count). The van der Waals surface area contributed by atoms with Crippen molar-refractivity contribution in [3.63, 3.8) is 0 Å². The maximum absolute atomic E-state index is 10.4. The lowest BCUT2D eigenvalue weighted by Crippen LogP contribution is -2.57. The van der Waals surface area contributed by atoms with Crippen LogP contribution >= 0.6 is 0 Å². The summed E-state index contributed by atoms with van der Waals surface area (Å²) in [5, 5.41) is 39.7. The topological polar surface area (TPSA) is 166 Å². The van der Waals surface area contributed by atoms with Crippen LogP contribution in [0.25, 0.3) is 0 Å². The summed E-state index contributed by atoms with van der Waals surface area (Å²) < 4.78 is 10.8. The Labute approximate surface area is 172 Å². The Kier molecular flexibility index (Phi) is 5.24. The first-order valence-corrected chi connectivity index (χ1v) is 9.53. The number of nitrogens with zero attached hydrogens (tertiary/aromatic N) is 4. The van der Waals surface area contributed by atoms with Gasteiger partial charge in [0.1, 0.15) is 37.0 Å². The van der Waals surface area contributed by atoms with E-state index in [0.717, 1.165) is 5.56 Å². The number of benzene rings is 1. The van der Waals surface area contributed by atoms with Crippen molar-refractivity contribution in [2.24, 2.45) is 20.7 Å². The largest absolute Gasteiger partial charge is 0.504 e. The average Bonchev–Trinajstić information content (AvgIpc) is 3.30. The van der Waals surface area contributed by atoms with Crippen molar-refractivity contribution in [2.45, 2.75) is 43.0 Å². The van der Waals surface area contributed by atoms with Crippen LogP contribution in [0.2, 0.25) is 0 Å². The van der Waals surface area contributed by atoms with Gasteiger partial charge in [-0.1, -0.05) is 13.0 Å². The van der Waals surface area contributed by atoms with E-state index in [1.165, 1.54) is 19.5 Å². The zero-order valence-electron chi connectivity index (χ0n) is 16.6. The molecule has 0 saturated carbocycles. The summed E-state index contributed by atoms with van der Waals surface area (Å²) in [5.41, 5.74) is 6.63. The molecular weight excluding hydrogens is 394 g/mol. The fraction of sp³-hybridized carbons (Fsp3) is 0.526. The summed E-state index contributed by atoms with van der Waals surface area (Å²) in [5.74, 6) is 0.360. The first kappa shape index (κ1) is 20.7. The van der Waals surface area contributed by atoms with Gasteiger partial charge in [-0.25, -0.2) is 9.98 Å². The minimum Gasteiger partial charge on any atom is -0.504 e. The molecule has 0 spiro atoms. The number of phenolic OH excluding ortho intramolecular Hbond substituents is 1. The summed E-state index contributed by atoms with van der Waals surface area (Å²) in [4.78, 5) is 14.8. The molecule has 0 radical (unpaired) electrons. The van der Waals surface area contributed by atoms with Gasteiger partial charge in [0, 0.05) is 5.92 Å². The summed E-state index contributed by atoms with van der Waals surface area (Å²) in [6.07, 6.45) is -2.98. The number of aliphatic imine (C=N–C) groups is 3. The SMILES string of the molecule is COc1cc(C(C)C2(N)N=CN=C3C2=NCN3[C@@H]2O[C@H](CO)[C@@H](O)[C@H]2O)ccc1O. The van der Waals surface area contributed by atoms with Crippen LogP contribution in [0.3, 0.4) is 0 Å². The number of phenols is 1. The van der Waals surface area contributed by atoms with E-state index in [1.54, 1.807) is 17.0 Å². The molecule has 11 nitrogen and oxygen atoms in total. The van der Waals surface area contributed by atoms with Crippen LogP contribution in [-0.4, -0.2) is 93.8 Å². The zero-order chi connectivity index (χ0) is 21.6. The van der Waals surface area contributed by atoms with Crippen LogP contribution in [0, 0.1) is 0 Å². The highest BCUT2D eigenvalue weighted by atomic mass is 16.6. The molecule has 3 aliphatic heterocycles. The standard InChI is InChI=1S/C19H25N5O6/c1-9(10-3-4-11(26)12(5-10)29-2)19(20)16-17(21-7-23-19)24(8-22-16)18-15(28)14(27)13(6-25)30-18/h3-5,7,9,13-15,18,25-28H,6,8,20H2,1-2H3/t9?,13-,14-,15-,18-,19?/m1/s1. The first-order valence-electron chi connectivity index (χ1n) is 9.53. The van der Waals surface area contributed by atoms with Crippen LogP contribution in [0.1, 0.15) is 18.4 Å². The van der Waals surface area contributed by atoms with E-state index in [1.807, 2.05) is 6.92 Å². The van der Waals surface area contributed by atoms with Gasteiger partial charge in [0.2, 0.25) is 0 Å². The highest BCUT2D eigenvalue weighted by Gasteiger charge is 2.52. The van der Waals surface area contributed by atoms with Gasteiger partial charge < -0.3 is 40.5 Å². The average molecular weight is 419 g/mol. The Morgan fingerprint density at radius 1 is 1.37 bits per heavy atom. The second-order valence-corrected chi connectivity index (χ2v) is 7.52. The lowest BCUT2D eigenvalue weighted by Gasteiger charge is -2.36. The molecule has 1 aromatic carbocycles. The second kappa shape index (κ2) is 7.60. The third-order valence-corrected chi connectivity index (χ3v) is 5.88.